The smallest absolute Gasteiger partial charge is 0.416 e. The molecule has 1 aromatic carbocycles. The van der Waals surface area contributed by atoms with Crippen LogP contribution in [0.4, 0.5) is 23.7 Å². The van der Waals surface area contributed by atoms with Gasteiger partial charge in [0.15, 0.2) is 0 Å². The molecule has 1 aliphatic rings. The van der Waals surface area contributed by atoms with Crippen LogP contribution >= 0.6 is 11.6 Å². The monoisotopic (exact) mass is 393 g/mol. The van der Waals surface area contributed by atoms with Crippen LogP contribution < -0.4 is 5.32 Å². The van der Waals surface area contributed by atoms with E-state index < -0.39 is 23.7 Å². The van der Waals surface area contributed by atoms with Crippen LogP contribution in [0, 0.1) is 0 Å². The molecule has 1 aromatic rings. The van der Waals surface area contributed by atoms with Gasteiger partial charge in [0, 0.05) is 26.2 Å². The first-order valence-corrected chi connectivity index (χ1v) is 8.39. The van der Waals surface area contributed by atoms with E-state index in [1.165, 1.54) is 0 Å². The number of carbonyl (C=O) groups excluding carboxylic acids is 2. The minimum Gasteiger partial charge on any atom is -0.450 e. The SMILES string of the molecule is CCOC(=O)N1CCN(CC(=O)Nc2cc(C(F)(F)F)ccc2Cl)CC1. The van der Waals surface area contributed by atoms with Crippen molar-refractivity contribution in [3.05, 3.63) is 28.8 Å². The molecule has 26 heavy (non-hydrogen) atoms. The molecule has 0 unspecified atom stereocenters. The zero-order valence-electron chi connectivity index (χ0n) is 14.1. The highest BCUT2D eigenvalue weighted by Crippen LogP contribution is 2.33. The minimum atomic E-state index is -4.52. The third kappa shape index (κ3) is 5.50. The summed E-state index contributed by atoms with van der Waals surface area (Å²) in [4.78, 5) is 27.1. The molecule has 2 amide bonds. The van der Waals surface area contributed by atoms with E-state index in [1.54, 1.807) is 16.7 Å². The number of piperazine rings is 1. The number of carbonyl (C=O) groups is 2. The van der Waals surface area contributed by atoms with Crippen molar-refractivity contribution in [2.75, 3.05) is 44.6 Å². The van der Waals surface area contributed by atoms with Gasteiger partial charge in [-0.15, -0.1) is 0 Å². The van der Waals surface area contributed by atoms with Gasteiger partial charge in [-0.1, -0.05) is 11.6 Å². The van der Waals surface area contributed by atoms with Crippen LogP contribution in [-0.4, -0.2) is 61.1 Å². The Hall–Kier alpha value is -2.00. The predicted octanol–water partition coefficient (Wildman–Crippen LogP) is 3.07. The molecule has 0 aromatic heterocycles. The number of halogens is 4. The van der Waals surface area contributed by atoms with Gasteiger partial charge < -0.3 is 15.0 Å². The lowest BCUT2D eigenvalue weighted by Crippen LogP contribution is -2.50. The van der Waals surface area contributed by atoms with Crippen molar-refractivity contribution in [1.82, 2.24) is 9.80 Å². The van der Waals surface area contributed by atoms with Gasteiger partial charge in [0.25, 0.3) is 0 Å². The number of alkyl halides is 3. The molecular formula is C16H19ClF3N3O3. The molecular weight excluding hydrogens is 375 g/mol. The molecule has 2 rings (SSSR count). The summed E-state index contributed by atoms with van der Waals surface area (Å²) >= 11 is 5.86. The third-order valence-corrected chi connectivity index (χ3v) is 4.16. The Labute approximate surface area is 153 Å². The molecule has 1 fully saturated rings. The van der Waals surface area contributed by atoms with E-state index in [0.29, 0.717) is 32.8 Å². The first-order chi connectivity index (χ1) is 12.2. The first-order valence-electron chi connectivity index (χ1n) is 8.01. The summed E-state index contributed by atoms with van der Waals surface area (Å²) in [5, 5.41) is 2.43. The quantitative estimate of drug-likeness (QED) is 0.854. The molecule has 1 saturated heterocycles. The number of rotatable bonds is 4. The van der Waals surface area contributed by atoms with E-state index >= 15 is 0 Å². The third-order valence-electron chi connectivity index (χ3n) is 3.83. The Morgan fingerprint density at radius 2 is 1.88 bits per heavy atom. The molecule has 10 heteroatoms. The van der Waals surface area contributed by atoms with Crippen LogP contribution in [0.5, 0.6) is 0 Å². The summed E-state index contributed by atoms with van der Waals surface area (Å²) in [6, 6.07) is 2.75. The van der Waals surface area contributed by atoms with E-state index in [-0.39, 0.29) is 17.3 Å². The Morgan fingerprint density at radius 3 is 2.46 bits per heavy atom. The molecule has 0 bridgehead atoms. The second kappa shape index (κ2) is 8.59. The fourth-order valence-electron chi connectivity index (χ4n) is 2.49. The predicted molar refractivity (Wildman–Crippen MR) is 90.1 cm³/mol. The molecule has 0 atom stereocenters. The molecule has 0 radical (unpaired) electrons. The van der Waals surface area contributed by atoms with Crippen molar-refractivity contribution in [2.45, 2.75) is 13.1 Å². The molecule has 0 spiro atoms. The van der Waals surface area contributed by atoms with Crippen LogP contribution in [-0.2, 0) is 15.7 Å². The molecule has 1 N–H and O–H groups in total. The van der Waals surface area contributed by atoms with Crippen molar-refractivity contribution in [1.29, 1.82) is 0 Å². The fraction of sp³-hybridized carbons (Fsp3) is 0.500. The molecule has 0 saturated carbocycles. The number of nitrogens with one attached hydrogen (secondary N) is 1. The van der Waals surface area contributed by atoms with E-state index in [9.17, 15) is 22.8 Å². The number of nitrogens with zero attached hydrogens (tertiary/aromatic N) is 2. The van der Waals surface area contributed by atoms with Gasteiger partial charge >= 0.3 is 12.3 Å². The Kier molecular flexibility index (Phi) is 6.71. The van der Waals surface area contributed by atoms with Crippen molar-refractivity contribution < 1.29 is 27.5 Å². The van der Waals surface area contributed by atoms with Crippen molar-refractivity contribution in [2.24, 2.45) is 0 Å². The second-order valence-corrected chi connectivity index (χ2v) is 6.11. The topological polar surface area (TPSA) is 61.9 Å². The van der Waals surface area contributed by atoms with Crippen LogP contribution in [0.1, 0.15) is 12.5 Å². The Bertz CT molecular complexity index is 662. The molecule has 0 aliphatic carbocycles. The van der Waals surface area contributed by atoms with E-state index in [1.807, 2.05) is 0 Å². The van der Waals surface area contributed by atoms with Gasteiger partial charge in [-0.3, -0.25) is 9.69 Å². The summed E-state index contributed by atoms with van der Waals surface area (Å²) in [6.07, 6.45) is -4.92. The van der Waals surface area contributed by atoms with Gasteiger partial charge in [-0.2, -0.15) is 13.2 Å². The number of anilines is 1. The lowest BCUT2D eigenvalue weighted by atomic mass is 10.2. The molecule has 1 heterocycles. The van der Waals surface area contributed by atoms with Gasteiger partial charge in [0.1, 0.15) is 0 Å². The summed E-state index contributed by atoms with van der Waals surface area (Å²) in [5.74, 6) is -0.476. The maximum Gasteiger partial charge on any atom is 0.416 e. The summed E-state index contributed by atoms with van der Waals surface area (Å²) in [5.41, 5.74) is -0.975. The van der Waals surface area contributed by atoms with Gasteiger partial charge in [-0.25, -0.2) is 4.79 Å². The van der Waals surface area contributed by atoms with Gasteiger partial charge in [-0.05, 0) is 25.1 Å². The lowest BCUT2D eigenvalue weighted by Gasteiger charge is -2.33. The standard InChI is InChI=1S/C16H19ClF3N3O3/c1-2-26-15(25)23-7-5-22(6-8-23)10-14(24)21-13-9-11(16(18,19)20)3-4-12(13)17/h3-4,9H,2,5-8,10H2,1H3,(H,21,24). The van der Waals surface area contributed by atoms with E-state index in [4.69, 9.17) is 16.3 Å². The highest BCUT2D eigenvalue weighted by Gasteiger charge is 2.31. The molecule has 144 valence electrons. The average molecular weight is 394 g/mol. The molecule has 1 aliphatic heterocycles. The largest absolute Gasteiger partial charge is 0.450 e. The Morgan fingerprint density at radius 1 is 1.23 bits per heavy atom. The number of ether oxygens (including phenoxy) is 1. The van der Waals surface area contributed by atoms with Crippen LogP contribution in [0.3, 0.4) is 0 Å². The maximum atomic E-state index is 12.8. The minimum absolute atomic E-state index is 0.0107. The second-order valence-electron chi connectivity index (χ2n) is 5.70. The van der Waals surface area contributed by atoms with Crippen molar-refractivity contribution >= 4 is 29.3 Å². The van der Waals surface area contributed by atoms with Gasteiger partial charge in [0.2, 0.25) is 5.91 Å². The summed E-state index contributed by atoms with van der Waals surface area (Å²) < 4.78 is 43.2. The van der Waals surface area contributed by atoms with E-state index in [0.717, 1.165) is 18.2 Å². The number of benzene rings is 1. The first kappa shape index (κ1) is 20.3. The highest BCUT2D eigenvalue weighted by atomic mass is 35.5. The van der Waals surface area contributed by atoms with Crippen molar-refractivity contribution in [3.63, 3.8) is 0 Å². The number of amides is 2. The fourth-order valence-corrected chi connectivity index (χ4v) is 2.66. The normalized spacial score (nSPS) is 15.7. The Balaban J connectivity index is 1.89. The van der Waals surface area contributed by atoms with Crippen LogP contribution in [0.15, 0.2) is 18.2 Å². The lowest BCUT2D eigenvalue weighted by molar-refractivity contribution is -0.137. The zero-order valence-corrected chi connectivity index (χ0v) is 14.9. The van der Waals surface area contributed by atoms with Crippen molar-refractivity contribution in [3.8, 4) is 0 Å². The highest BCUT2D eigenvalue weighted by molar-refractivity contribution is 6.33. The van der Waals surface area contributed by atoms with E-state index in [2.05, 4.69) is 5.32 Å². The summed E-state index contributed by atoms with van der Waals surface area (Å²) in [6.45, 7) is 3.75. The van der Waals surface area contributed by atoms with Crippen LogP contribution in [0.25, 0.3) is 0 Å². The maximum absolute atomic E-state index is 12.8. The number of hydrogen-bond donors (Lipinski definition) is 1. The summed E-state index contributed by atoms with van der Waals surface area (Å²) in [7, 11) is 0. The number of hydrogen-bond acceptors (Lipinski definition) is 4. The average Bonchev–Trinajstić information content (AvgIpc) is 2.56. The molecule has 6 nitrogen and oxygen atoms in total. The van der Waals surface area contributed by atoms with Crippen LogP contribution in [0.2, 0.25) is 5.02 Å². The van der Waals surface area contributed by atoms with Gasteiger partial charge in [0.05, 0.1) is 29.4 Å². The zero-order chi connectivity index (χ0) is 19.3.